The van der Waals surface area contributed by atoms with Crippen LogP contribution in [0.4, 0.5) is 14.9 Å². The molecule has 174 valence electrons. The highest BCUT2D eigenvalue weighted by Crippen LogP contribution is 2.29. The molecule has 0 fully saturated rings. The number of anilines is 1. The molecule has 1 unspecified atom stereocenters. The molecule has 9 heteroatoms. The molecule has 0 aromatic heterocycles. The number of hydrogen-bond donors (Lipinski definition) is 1. The number of nitrogens with one attached hydrogen (secondary N) is 1. The lowest BCUT2D eigenvalue weighted by atomic mass is 10.00. The maximum Gasteiger partial charge on any atom is 0.409 e. The summed E-state index contributed by atoms with van der Waals surface area (Å²) in [6, 6.07) is 12.9. The number of para-hydroxylation sites is 1. The average Bonchev–Trinajstić information content (AvgIpc) is 2.83. The van der Waals surface area contributed by atoms with Crippen molar-refractivity contribution < 1.29 is 28.2 Å². The molecule has 2 amide bonds. The van der Waals surface area contributed by atoms with Gasteiger partial charge in [0.1, 0.15) is 18.0 Å². The number of hydrogen-bond acceptors (Lipinski definition) is 6. The lowest BCUT2D eigenvalue weighted by Crippen LogP contribution is -2.49. The van der Waals surface area contributed by atoms with Crippen LogP contribution in [0.5, 0.6) is 0 Å². The Morgan fingerprint density at radius 2 is 1.73 bits per heavy atom. The van der Waals surface area contributed by atoms with Gasteiger partial charge < -0.3 is 14.4 Å². The lowest BCUT2D eigenvalue weighted by molar-refractivity contribution is -0.141. The van der Waals surface area contributed by atoms with E-state index < -0.39 is 35.6 Å². The molecular weight excluding hydrogens is 429 g/mol. The summed E-state index contributed by atoms with van der Waals surface area (Å²) >= 11 is 0. The smallest absolute Gasteiger partial charge is 0.409 e. The van der Waals surface area contributed by atoms with Crippen molar-refractivity contribution in [1.29, 1.82) is 0 Å². The zero-order valence-electron chi connectivity index (χ0n) is 18.9. The van der Waals surface area contributed by atoms with Crippen LogP contribution in [0.2, 0.25) is 0 Å². The predicted octanol–water partition coefficient (Wildman–Crippen LogP) is 3.42. The molecule has 1 aliphatic rings. The fourth-order valence-electron chi connectivity index (χ4n) is 3.32. The number of fused-ring (bicyclic) bond motifs is 1. The summed E-state index contributed by atoms with van der Waals surface area (Å²) < 4.78 is 25.1. The SMILES string of the molecule is CC(=O)OCCN1C(=O)C(NC(=O)OC(C)(C)C)N=C(c2ccccc2F)c2ccccc21. The first-order valence-corrected chi connectivity index (χ1v) is 10.4. The van der Waals surface area contributed by atoms with Crippen LogP contribution in [0.1, 0.15) is 38.8 Å². The molecule has 1 atom stereocenters. The van der Waals surface area contributed by atoms with Crippen LogP contribution in [-0.4, -0.2) is 48.6 Å². The molecule has 1 aliphatic heterocycles. The molecule has 2 aromatic rings. The van der Waals surface area contributed by atoms with Crippen LogP contribution < -0.4 is 10.2 Å². The first-order chi connectivity index (χ1) is 15.6. The van der Waals surface area contributed by atoms with Crippen molar-refractivity contribution in [2.24, 2.45) is 4.99 Å². The summed E-state index contributed by atoms with van der Waals surface area (Å²) in [6.45, 7) is 6.29. The number of carbonyl (C=O) groups is 3. The van der Waals surface area contributed by atoms with Crippen LogP contribution >= 0.6 is 0 Å². The fraction of sp³-hybridized carbons (Fsp3) is 0.333. The lowest BCUT2D eigenvalue weighted by Gasteiger charge is -2.26. The molecule has 3 rings (SSSR count). The van der Waals surface area contributed by atoms with Crippen LogP contribution in [0.25, 0.3) is 0 Å². The van der Waals surface area contributed by atoms with Crippen molar-refractivity contribution in [3.8, 4) is 0 Å². The zero-order valence-corrected chi connectivity index (χ0v) is 18.9. The van der Waals surface area contributed by atoms with E-state index in [0.717, 1.165) is 0 Å². The highest BCUT2D eigenvalue weighted by atomic mass is 19.1. The second-order valence-electron chi connectivity index (χ2n) is 8.35. The average molecular weight is 455 g/mol. The fourth-order valence-corrected chi connectivity index (χ4v) is 3.32. The van der Waals surface area contributed by atoms with Gasteiger partial charge in [0.05, 0.1) is 17.9 Å². The Morgan fingerprint density at radius 3 is 2.36 bits per heavy atom. The topological polar surface area (TPSA) is 97.3 Å². The number of nitrogens with zero attached hydrogens (tertiary/aromatic N) is 2. The quantitative estimate of drug-likeness (QED) is 0.697. The Balaban J connectivity index is 2.09. The second-order valence-corrected chi connectivity index (χ2v) is 8.35. The van der Waals surface area contributed by atoms with Gasteiger partial charge >= 0.3 is 12.1 Å². The molecule has 0 radical (unpaired) electrons. The molecule has 0 spiro atoms. The first-order valence-electron chi connectivity index (χ1n) is 10.4. The monoisotopic (exact) mass is 455 g/mol. The van der Waals surface area contributed by atoms with Gasteiger partial charge in [0.25, 0.3) is 5.91 Å². The largest absolute Gasteiger partial charge is 0.464 e. The molecule has 2 aromatic carbocycles. The number of ether oxygens (including phenoxy) is 2. The summed E-state index contributed by atoms with van der Waals surface area (Å²) in [5, 5.41) is 2.48. The van der Waals surface area contributed by atoms with Gasteiger partial charge in [-0.25, -0.2) is 14.2 Å². The van der Waals surface area contributed by atoms with E-state index in [9.17, 15) is 18.8 Å². The minimum absolute atomic E-state index is 0.0159. The van der Waals surface area contributed by atoms with Crippen molar-refractivity contribution >= 4 is 29.4 Å². The molecule has 0 bridgehead atoms. The summed E-state index contributed by atoms with van der Waals surface area (Å²) in [4.78, 5) is 43.0. The minimum atomic E-state index is -1.39. The van der Waals surface area contributed by atoms with Gasteiger partial charge in [-0.1, -0.05) is 30.3 Å². The highest BCUT2D eigenvalue weighted by molar-refractivity contribution is 6.20. The second kappa shape index (κ2) is 9.81. The van der Waals surface area contributed by atoms with E-state index in [1.54, 1.807) is 63.2 Å². The van der Waals surface area contributed by atoms with Crippen molar-refractivity contribution in [2.45, 2.75) is 39.5 Å². The standard InChI is InChI=1S/C24H26FN3O5/c1-15(29)32-14-13-28-19-12-8-6-10-17(19)20(16-9-5-7-11-18(16)25)26-21(22(28)30)27-23(31)33-24(2,3)4/h5-12,21H,13-14H2,1-4H3,(H,27,31). The normalized spacial score (nSPS) is 15.8. The molecule has 0 saturated carbocycles. The molecule has 0 aliphatic carbocycles. The number of aliphatic imine (C=N–C) groups is 1. The summed E-state index contributed by atoms with van der Waals surface area (Å²) in [6.07, 6.45) is -2.23. The van der Waals surface area contributed by atoms with Gasteiger partial charge in [0.15, 0.2) is 0 Å². The van der Waals surface area contributed by atoms with Crippen molar-refractivity contribution in [3.63, 3.8) is 0 Å². The number of benzene rings is 2. The van der Waals surface area contributed by atoms with E-state index in [4.69, 9.17) is 9.47 Å². The third-order valence-corrected chi connectivity index (χ3v) is 4.61. The summed E-state index contributed by atoms with van der Waals surface area (Å²) in [5.74, 6) is -1.59. The number of carbonyl (C=O) groups excluding carboxylic acids is 3. The maximum absolute atomic E-state index is 14.7. The van der Waals surface area contributed by atoms with Gasteiger partial charge in [0, 0.05) is 18.1 Å². The van der Waals surface area contributed by atoms with Gasteiger partial charge in [0.2, 0.25) is 6.17 Å². The molecular formula is C24H26FN3O5. The zero-order chi connectivity index (χ0) is 24.2. The van der Waals surface area contributed by atoms with Gasteiger partial charge in [-0.15, -0.1) is 0 Å². The summed E-state index contributed by atoms with van der Waals surface area (Å²) in [5.41, 5.74) is 0.523. The number of halogens is 1. The van der Waals surface area contributed by atoms with Crippen molar-refractivity contribution in [2.75, 3.05) is 18.1 Å². The highest BCUT2D eigenvalue weighted by Gasteiger charge is 2.34. The number of rotatable bonds is 5. The van der Waals surface area contributed by atoms with Crippen molar-refractivity contribution in [3.05, 3.63) is 65.5 Å². The minimum Gasteiger partial charge on any atom is -0.464 e. The molecule has 1 heterocycles. The predicted molar refractivity (Wildman–Crippen MR) is 121 cm³/mol. The molecule has 33 heavy (non-hydrogen) atoms. The van der Waals surface area contributed by atoms with Gasteiger partial charge in [-0.3, -0.25) is 14.9 Å². The Kier molecular flexibility index (Phi) is 7.10. The Morgan fingerprint density at radius 1 is 1.09 bits per heavy atom. The van der Waals surface area contributed by atoms with E-state index in [1.807, 2.05) is 0 Å². The number of alkyl carbamates (subject to hydrolysis) is 1. The van der Waals surface area contributed by atoms with E-state index in [-0.39, 0.29) is 24.4 Å². The van der Waals surface area contributed by atoms with Gasteiger partial charge in [-0.2, -0.15) is 0 Å². The third-order valence-electron chi connectivity index (χ3n) is 4.61. The molecule has 8 nitrogen and oxygen atoms in total. The maximum atomic E-state index is 14.7. The van der Waals surface area contributed by atoms with Crippen molar-refractivity contribution in [1.82, 2.24) is 5.32 Å². The molecule has 0 saturated heterocycles. The molecule has 1 N–H and O–H groups in total. The summed E-state index contributed by atoms with van der Waals surface area (Å²) in [7, 11) is 0. The Hall–Kier alpha value is -3.75. The van der Waals surface area contributed by atoms with Crippen LogP contribution in [0.15, 0.2) is 53.5 Å². The van der Waals surface area contributed by atoms with Crippen LogP contribution in [0, 0.1) is 5.82 Å². The Labute approximate surface area is 191 Å². The number of esters is 1. The first kappa shape index (κ1) is 23.9. The van der Waals surface area contributed by atoms with Crippen LogP contribution in [-0.2, 0) is 19.1 Å². The van der Waals surface area contributed by atoms with E-state index in [1.165, 1.54) is 17.9 Å². The Bertz CT molecular complexity index is 1090. The van der Waals surface area contributed by atoms with Crippen LogP contribution in [0.3, 0.4) is 0 Å². The van der Waals surface area contributed by atoms with Gasteiger partial charge in [-0.05, 0) is 39.0 Å². The van der Waals surface area contributed by atoms with E-state index in [2.05, 4.69) is 10.3 Å². The van der Waals surface area contributed by atoms with E-state index in [0.29, 0.717) is 11.3 Å². The number of benzodiazepines with no additional fused rings is 1. The van der Waals surface area contributed by atoms with E-state index >= 15 is 0 Å². The number of amides is 2. The third kappa shape index (κ3) is 5.94.